The summed E-state index contributed by atoms with van der Waals surface area (Å²) in [7, 11) is 4.34. The summed E-state index contributed by atoms with van der Waals surface area (Å²) in [6.07, 6.45) is 3.77. The third-order valence-electron chi connectivity index (χ3n) is 8.82. The van der Waals surface area contributed by atoms with Gasteiger partial charge in [-0.1, -0.05) is 48.5 Å². The van der Waals surface area contributed by atoms with Gasteiger partial charge < -0.3 is 0 Å². The second-order valence-corrected chi connectivity index (χ2v) is 16.1. The number of thiol groups is 1. The Balaban J connectivity index is 0.000000146. The number of hydrogen-bond donors (Lipinski definition) is 1. The Hall–Kier alpha value is -4.17. The van der Waals surface area contributed by atoms with Crippen LogP contribution in [0.2, 0.25) is 0 Å². The molecule has 0 spiro atoms. The molecule has 4 aromatic heterocycles. The molecule has 0 aliphatic carbocycles. The minimum atomic E-state index is 0.770. The Morgan fingerprint density at radius 1 is 0.491 bits per heavy atom. The number of nitrogens with zero attached hydrogens (tertiary/aromatic N) is 9. The average molecular weight is 1090 g/mol. The van der Waals surface area contributed by atoms with E-state index in [0.717, 1.165) is 79.9 Å². The Labute approximate surface area is 366 Å². The molecule has 0 aliphatic rings. The van der Waals surface area contributed by atoms with Gasteiger partial charge in [0.15, 0.2) is 9.47 Å². The van der Waals surface area contributed by atoms with Crippen molar-refractivity contribution in [1.82, 2.24) is 38.2 Å². The maximum atomic E-state index is 4.67. The SMILES string of the molecule is Brc1nc2ccccc2n1-c1ccc(I)cc1-n1c(Br)nc2ccccc21.Ic1ccc(-n2cnc3ccccc32)c(-n2cnc3ccccc32)c1.[B]=NS. The molecule has 0 amide bonds. The zero-order chi connectivity index (χ0) is 38.1. The molecule has 9 nitrogen and oxygen atoms in total. The average Bonchev–Trinajstić information content (AvgIpc) is 3.97. The van der Waals surface area contributed by atoms with E-state index in [2.05, 4.69) is 201 Å². The van der Waals surface area contributed by atoms with Crippen molar-refractivity contribution in [2.75, 3.05) is 0 Å². The van der Waals surface area contributed by atoms with Crippen LogP contribution in [0.25, 0.3) is 66.9 Å². The van der Waals surface area contributed by atoms with Gasteiger partial charge >= 0.3 is 24.8 Å². The molecule has 4 heterocycles. The number of rotatable bonds is 4. The maximum absolute atomic E-state index is 4.67. The fourth-order valence-corrected chi connectivity index (χ4v) is 8.61. The first-order chi connectivity index (χ1) is 26.9. The summed E-state index contributed by atoms with van der Waals surface area (Å²) in [5, 5.41) is 0. The summed E-state index contributed by atoms with van der Waals surface area (Å²) in [4.78, 5) is 18.4. The molecule has 0 aliphatic heterocycles. The van der Waals surface area contributed by atoms with E-state index in [1.54, 1.807) is 0 Å². The first-order valence-electron chi connectivity index (χ1n) is 16.6. The van der Waals surface area contributed by atoms with Gasteiger partial charge in [-0.15, -0.1) is 0 Å². The van der Waals surface area contributed by atoms with E-state index in [1.165, 1.54) is 3.57 Å². The summed E-state index contributed by atoms with van der Waals surface area (Å²) in [6, 6.07) is 45.5. The van der Waals surface area contributed by atoms with Crippen LogP contribution in [0.5, 0.6) is 0 Å². The zero-order valence-electron chi connectivity index (χ0n) is 28.4. The van der Waals surface area contributed by atoms with Gasteiger partial charge in [0.2, 0.25) is 0 Å². The summed E-state index contributed by atoms with van der Waals surface area (Å²) in [5.41, 5.74) is 12.4. The van der Waals surface area contributed by atoms with Gasteiger partial charge in [-0.05, 0) is 162 Å². The van der Waals surface area contributed by atoms with E-state index in [4.69, 9.17) is 0 Å². The number of halogens is 4. The van der Waals surface area contributed by atoms with Crippen molar-refractivity contribution in [2.24, 2.45) is 4.30 Å². The standard InChI is InChI=1S/C20H11Br2IN4.C20H13IN4.BHNS/c21-19-24-13-5-1-3-7-15(13)26(19)17-10-9-12(23)11-18(17)27-16-8-4-2-6-14(16)25-20(27)22;21-14-9-10-19(24-12-22-15-5-1-3-7-17(15)24)20(11-14)25-13-23-16-6-2-4-8-18(16)25;1-2-3/h1-11H;1-13H;3H. The minimum absolute atomic E-state index is 0.770. The second-order valence-electron chi connectivity index (χ2n) is 12.0. The van der Waals surface area contributed by atoms with Crippen LogP contribution in [0.15, 0.2) is 160 Å². The van der Waals surface area contributed by atoms with Crippen LogP contribution < -0.4 is 0 Å². The van der Waals surface area contributed by atoms with E-state index in [-0.39, 0.29) is 0 Å². The molecule has 0 atom stereocenters. The Morgan fingerprint density at radius 2 is 0.873 bits per heavy atom. The first-order valence-corrected chi connectivity index (χ1v) is 20.8. The van der Waals surface area contributed by atoms with Crippen LogP contribution in [-0.4, -0.2) is 45.8 Å². The van der Waals surface area contributed by atoms with Gasteiger partial charge in [0, 0.05) is 7.14 Å². The molecule has 0 saturated heterocycles. The molecule has 0 N–H and O–H groups in total. The molecule has 15 heteroatoms. The normalized spacial score (nSPS) is 11.1. The van der Waals surface area contributed by atoms with Gasteiger partial charge in [0.1, 0.15) is 12.7 Å². The van der Waals surface area contributed by atoms with Gasteiger partial charge in [-0.2, -0.15) is 0 Å². The topological polar surface area (TPSA) is 83.6 Å². The van der Waals surface area contributed by atoms with E-state index in [1.807, 2.05) is 85.5 Å². The monoisotopic (exact) mass is 1090 g/mol. The Morgan fingerprint density at radius 3 is 1.38 bits per heavy atom. The molecule has 0 fully saturated rings. The predicted molar refractivity (Wildman–Crippen MR) is 249 cm³/mol. The molecule has 0 saturated carbocycles. The number of benzene rings is 6. The van der Waals surface area contributed by atoms with Crippen LogP contribution in [0.1, 0.15) is 0 Å². The number of fused-ring (bicyclic) bond motifs is 4. The van der Waals surface area contributed by atoms with Crippen molar-refractivity contribution in [3.8, 4) is 22.7 Å². The van der Waals surface area contributed by atoms with Crippen molar-refractivity contribution in [1.29, 1.82) is 0 Å². The van der Waals surface area contributed by atoms with Crippen LogP contribution in [0.4, 0.5) is 0 Å². The van der Waals surface area contributed by atoms with Crippen LogP contribution in [0.3, 0.4) is 0 Å². The first kappa shape index (κ1) is 37.7. The quantitative estimate of drug-likeness (QED) is 0.108. The fourth-order valence-electron chi connectivity index (χ4n) is 6.51. The molecule has 55 heavy (non-hydrogen) atoms. The number of para-hydroxylation sites is 8. The Kier molecular flexibility index (Phi) is 11.3. The molecular weight excluding hydrogens is 1060 g/mol. The summed E-state index contributed by atoms with van der Waals surface area (Å²) >= 11 is 15.2. The van der Waals surface area contributed by atoms with Crippen LogP contribution in [-0.2, 0) is 0 Å². The molecule has 267 valence electrons. The summed E-state index contributed by atoms with van der Waals surface area (Å²) in [5.74, 6) is 0. The van der Waals surface area contributed by atoms with Gasteiger partial charge in [-0.25, -0.2) is 19.9 Å². The van der Waals surface area contributed by atoms with E-state index < -0.39 is 0 Å². The summed E-state index contributed by atoms with van der Waals surface area (Å²) in [6.45, 7) is 0. The number of hydrogen-bond acceptors (Lipinski definition) is 6. The molecule has 10 aromatic rings. The van der Waals surface area contributed by atoms with Gasteiger partial charge in [0.05, 0.1) is 66.9 Å². The van der Waals surface area contributed by atoms with E-state index in [0.29, 0.717) is 0 Å². The molecule has 10 rings (SSSR count). The summed E-state index contributed by atoms with van der Waals surface area (Å²) < 4.78 is 15.1. The molecule has 0 unspecified atom stereocenters. The van der Waals surface area contributed by atoms with Gasteiger partial charge in [0.25, 0.3) is 0 Å². The van der Waals surface area contributed by atoms with Gasteiger partial charge in [-0.3, -0.25) is 18.3 Å². The third kappa shape index (κ3) is 7.44. The third-order valence-corrected chi connectivity index (χ3v) is 11.2. The number of imidazole rings is 4. The van der Waals surface area contributed by atoms with E-state index in [9.17, 15) is 0 Å². The van der Waals surface area contributed by atoms with Crippen molar-refractivity contribution in [3.63, 3.8) is 0 Å². The fraction of sp³-hybridized carbons (Fsp3) is 0. The molecule has 0 bridgehead atoms. The Bertz CT molecular complexity index is 3010. The molecular formula is C40H25BBr2I2N9S. The molecule has 6 aromatic carbocycles. The van der Waals surface area contributed by atoms with Crippen LogP contribution >= 0.6 is 89.9 Å². The van der Waals surface area contributed by atoms with Crippen molar-refractivity contribution in [2.45, 2.75) is 0 Å². The zero-order valence-corrected chi connectivity index (χ0v) is 36.8. The molecule has 1 radical (unpaired) electrons. The second kappa shape index (κ2) is 16.5. The van der Waals surface area contributed by atoms with Crippen molar-refractivity contribution in [3.05, 3.63) is 163 Å². The van der Waals surface area contributed by atoms with Crippen LogP contribution in [0, 0.1) is 7.14 Å². The number of aromatic nitrogens is 8. The van der Waals surface area contributed by atoms with Crippen molar-refractivity contribution >= 4 is 142 Å². The predicted octanol–water partition coefficient (Wildman–Crippen LogP) is 11.6. The van der Waals surface area contributed by atoms with Crippen molar-refractivity contribution < 1.29 is 0 Å². The van der Waals surface area contributed by atoms with E-state index >= 15 is 0 Å².